The maximum absolute atomic E-state index is 10.6. The molecule has 12 heavy (non-hydrogen) atoms. The molecule has 0 saturated heterocycles. The molecule has 1 amide bonds. The van der Waals surface area contributed by atoms with Crippen molar-refractivity contribution in [2.45, 2.75) is 6.04 Å². The van der Waals surface area contributed by atoms with Crippen LogP contribution in [0.2, 0.25) is 0 Å². The highest BCUT2D eigenvalue weighted by atomic mass is 32.2. The third-order valence-electron chi connectivity index (χ3n) is 1.13. The monoisotopic (exact) mass is 192 g/mol. The van der Waals surface area contributed by atoms with Crippen LogP contribution in [0.4, 0.5) is 0 Å². The minimum Gasteiger partial charge on any atom is -0.480 e. The summed E-state index contributed by atoms with van der Waals surface area (Å²) in [5.74, 6) is -0.669. The zero-order valence-electron chi connectivity index (χ0n) is 6.74. The summed E-state index contributed by atoms with van der Waals surface area (Å²) in [6.45, 7) is 0. The van der Waals surface area contributed by atoms with Crippen molar-refractivity contribution in [2.24, 2.45) is 5.73 Å². The van der Waals surface area contributed by atoms with Gasteiger partial charge in [0.05, 0.1) is 5.75 Å². The Labute approximate surface area is 74.7 Å². The predicted octanol–water partition coefficient (Wildman–Crippen LogP) is -1.12. The highest BCUT2D eigenvalue weighted by Crippen LogP contribution is 2.00. The third kappa shape index (κ3) is 4.97. The lowest BCUT2D eigenvalue weighted by atomic mass is 10.4. The van der Waals surface area contributed by atoms with Crippen molar-refractivity contribution in [1.29, 1.82) is 0 Å². The Balaban J connectivity index is 3.43. The van der Waals surface area contributed by atoms with Crippen molar-refractivity contribution in [3.05, 3.63) is 0 Å². The molecule has 0 saturated carbocycles. The molecule has 0 aromatic heterocycles. The van der Waals surface area contributed by atoms with Crippen molar-refractivity contribution in [3.8, 4) is 0 Å². The summed E-state index contributed by atoms with van der Waals surface area (Å²) in [4.78, 5) is 20.8. The second-order valence-electron chi connectivity index (χ2n) is 2.13. The molecule has 0 radical (unpaired) electrons. The number of hydrogen-bond acceptors (Lipinski definition) is 4. The van der Waals surface area contributed by atoms with E-state index in [0.717, 1.165) is 0 Å². The molecule has 0 aliphatic carbocycles. The minimum absolute atomic E-state index is 0.127. The molecular weight excluding hydrogens is 180 g/mol. The molecule has 0 aromatic rings. The average Bonchev–Trinajstić information content (AvgIpc) is 2.03. The fourth-order valence-electron chi connectivity index (χ4n) is 0.422. The van der Waals surface area contributed by atoms with Gasteiger partial charge in [-0.05, 0) is 0 Å². The SMILES string of the molecule is CNC(=O)CSC[C@@H](N)C(=O)O. The molecule has 0 fully saturated rings. The summed E-state index contributed by atoms with van der Waals surface area (Å²) < 4.78 is 0. The lowest BCUT2D eigenvalue weighted by Gasteiger charge is -2.04. The van der Waals surface area contributed by atoms with Gasteiger partial charge in [-0.1, -0.05) is 0 Å². The Morgan fingerprint density at radius 3 is 2.67 bits per heavy atom. The van der Waals surface area contributed by atoms with Gasteiger partial charge >= 0.3 is 5.97 Å². The number of amides is 1. The zero-order valence-corrected chi connectivity index (χ0v) is 7.56. The third-order valence-corrected chi connectivity index (χ3v) is 2.19. The van der Waals surface area contributed by atoms with E-state index in [2.05, 4.69) is 5.32 Å². The van der Waals surface area contributed by atoms with Crippen LogP contribution in [0.15, 0.2) is 0 Å². The van der Waals surface area contributed by atoms with Crippen LogP contribution < -0.4 is 11.1 Å². The molecule has 4 N–H and O–H groups in total. The summed E-state index contributed by atoms with van der Waals surface area (Å²) in [5.41, 5.74) is 5.19. The first-order valence-electron chi connectivity index (χ1n) is 3.34. The normalized spacial score (nSPS) is 12.2. The van der Waals surface area contributed by atoms with E-state index in [-0.39, 0.29) is 17.4 Å². The largest absolute Gasteiger partial charge is 0.480 e. The van der Waals surface area contributed by atoms with Gasteiger partial charge in [0, 0.05) is 12.8 Å². The van der Waals surface area contributed by atoms with Gasteiger partial charge in [0.25, 0.3) is 0 Å². The summed E-state index contributed by atoms with van der Waals surface area (Å²) in [7, 11) is 1.53. The zero-order chi connectivity index (χ0) is 9.56. The number of nitrogens with two attached hydrogens (primary N) is 1. The molecule has 0 rings (SSSR count). The Morgan fingerprint density at radius 1 is 1.67 bits per heavy atom. The minimum atomic E-state index is -1.04. The fraction of sp³-hybridized carbons (Fsp3) is 0.667. The van der Waals surface area contributed by atoms with Gasteiger partial charge in [0.1, 0.15) is 6.04 Å². The highest BCUT2D eigenvalue weighted by Gasteiger charge is 2.11. The van der Waals surface area contributed by atoms with Crippen LogP contribution in [0.3, 0.4) is 0 Å². The fourth-order valence-corrected chi connectivity index (χ4v) is 1.27. The number of nitrogens with one attached hydrogen (secondary N) is 1. The van der Waals surface area contributed by atoms with Crippen molar-refractivity contribution < 1.29 is 14.7 Å². The summed E-state index contributed by atoms with van der Waals surface area (Å²) >= 11 is 1.20. The summed E-state index contributed by atoms with van der Waals surface area (Å²) in [5, 5.41) is 10.8. The van der Waals surface area contributed by atoms with Crippen LogP contribution >= 0.6 is 11.8 Å². The van der Waals surface area contributed by atoms with Gasteiger partial charge in [-0.25, -0.2) is 0 Å². The van der Waals surface area contributed by atoms with E-state index in [9.17, 15) is 9.59 Å². The first-order valence-corrected chi connectivity index (χ1v) is 4.50. The molecular formula is C6H12N2O3S. The van der Waals surface area contributed by atoms with Crippen LogP contribution in [0, 0.1) is 0 Å². The van der Waals surface area contributed by atoms with E-state index in [0.29, 0.717) is 0 Å². The quantitative estimate of drug-likeness (QED) is 0.513. The van der Waals surface area contributed by atoms with Gasteiger partial charge in [-0.2, -0.15) is 0 Å². The first kappa shape index (κ1) is 11.2. The Hall–Kier alpha value is -0.750. The first-order chi connectivity index (χ1) is 5.57. The van der Waals surface area contributed by atoms with Gasteiger partial charge in [0.2, 0.25) is 5.91 Å². The van der Waals surface area contributed by atoms with Crippen LogP contribution in [0.5, 0.6) is 0 Å². The number of thioether (sulfide) groups is 1. The molecule has 0 unspecified atom stereocenters. The summed E-state index contributed by atoms with van der Waals surface area (Å²) in [6.07, 6.45) is 0. The Kier molecular flexibility index (Phi) is 5.48. The number of carbonyl (C=O) groups is 2. The molecule has 0 aliphatic rings. The van der Waals surface area contributed by atoms with Crippen LogP contribution in [-0.4, -0.2) is 41.6 Å². The Morgan fingerprint density at radius 2 is 2.25 bits per heavy atom. The molecule has 0 aromatic carbocycles. The average molecular weight is 192 g/mol. The molecule has 0 aliphatic heterocycles. The van der Waals surface area contributed by atoms with Crippen molar-refractivity contribution in [1.82, 2.24) is 5.32 Å². The molecule has 70 valence electrons. The van der Waals surface area contributed by atoms with Crippen LogP contribution in [0.25, 0.3) is 0 Å². The number of aliphatic carboxylic acids is 1. The Bertz CT molecular complexity index is 174. The topological polar surface area (TPSA) is 92.4 Å². The standard InChI is InChI=1S/C6H12N2O3S/c1-8-5(9)3-12-2-4(7)6(10)11/h4H,2-3,7H2,1H3,(H,8,9)(H,10,11)/t4-/m1/s1. The highest BCUT2D eigenvalue weighted by molar-refractivity contribution is 8.00. The number of carbonyl (C=O) groups excluding carboxylic acids is 1. The van der Waals surface area contributed by atoms with E-state index < -0.39 is 12.0 Å². The smallest absolute Gasteiger partial charge is 0.321 e. The maximum Gasteiger partial charge on any atom is 0.321 e. The van der Waals surface area contributed by atoms with Gasteiger partial charge < -0.3 is 16.2 Å². The van der Waals surface area contributed by atoms with Gasteiger partial charge in [-0.3, -0.25) is 9.59 Å². The number of rotatable bonds is 5. The molecule has 5 nitrogen and oxygen atoms in total. The molecule has 0 heterocycles. The van der Waals surface area contributed by atoms with Crippen molar-refractivity contribution in [3.63, 3.8) is 0 Å². The van der Waals surface area contributed by atoms with E-state index in [4.69, 9.17) is 10.8 Å². The molecule has 6 heteroatoms. The maximum atomic E-state index is 10.6. The second kappa shape index (κ2) is 5.84. The number of carboxylic acids is 1. The van der Waals surface area contributed by atoms with Crippen molar-refractivity contribution in [2.75, 3.05) is 18.6 Å². The second-order valence-corrected chi connectivity index (χ2v) is 3.16. The van der Waals surface area contributed by atoms with Crippen molar-refractivity contribution >= 4 is 23.6 Å². The van der Waals surface area contributed by atoms with Gasteiger partial charge in [0.15, 0.2) is 0 Å². The van der Waals surface area contributed by atoms with E-state index in [1.54, 1.807) is 0 Å². The predicted molar refractivity (Wildman–Crippen MR) is 47.0 cm³/mol. The number of hydrogen-bond donors (Lipinski definition) is 3. The molecule has 0 spiro atoms. The van der Waals surface area contributed by atoms with Crippen LogP contribution in [0.1, 0.15) is 0 Å². The van der Waals surface area contributed by atoms with E-state index in [1.807, 2.05) is 0 Å². The lowest BCUT2D eigenvalue weighted by Crippen LogP contribution is -2.33. The molecule has 1 atom stereocenters. The van der Waals surface area contributed by atoms with Crippen LogP contribution in [-0.2, 0) is 9.59 Å². The van der Waals surface area contributed by atoms with Gasteiger partial charge in [-0.15, -0.1) is 11.8 Å². The lowest BCUT2D eigenvalue weighted by molar-refractivity contribution is -0.137. The van der Waals surface area contributed by atoms with E-state index in [1.165, 1.54) is 18.8 Å². The summed E-state index contributed by atoms with van der Waals surface area (Å²) in [6, 6.07) is -0.889. The van der Waals surface area contributed by atoms with E-state index >= 15 is 0 Å². The number of carboxylic acid groups (broad SMARTS) is 1. The molecule has 0 bridgehead atoms.